The number of anilines is 1. The maximum Gasteiger partial charge on any atom is 0.338 e. The van der Waals surface area contributed by atoms with Crippen LogP contribution < -0.4 is 10.9 Å². The van der Waals surface area contributed by atoms with Crippen molar-refractivity contribution in [1.82, 2.24) is 9.55 Å². The number of esters is 1. The summed E-state index contributed by atoms with van der Waals surface area (Å²) in [7, 11) is 0. The molecular weight excluding hydrogens is 394 g/mol. The Morgan fingerprint density at radius 3 is 2.62 bits per heavy atom. The van der Waals surface area contributed by atoms with E-state index >= 15 is 0 Å². The van der Waals surface area contributed by atoms with Crippen molar-refractivity contribution < 1.29 is 14.3 Å². The van der Waals surface area contributed by atoms with E-state index in [0.717, 1.165) is 5.56 Å². The van der Waals surface area contributed by atoms with Gasteiger partial charge in [-0.2, -0.15) is 0 Å². The van der Waals surface area contributed by atoms with E-state index in [9.17, 15) is 14.4 Å². The molecule has 3 rings (SSSR count). The predicted octanol–water partition coefficient (Wildman–Crippen LogP) is 3.48. The fourth-order valence-electron chi connectivity index (χ4n) is 2.90. The Morgan fingerprint density at radius 1 is 1.17 bits per heavy atom. The average molecular weight is 414 g/mol. The monoisotopic (exact) mass is 413 g/mol. The molecule has 1 heterocycles. The van der Waals surface area contributed by atoms with Crippen LogP contribution >= 0.6 is 11.6 Å². The highest BCUT2D eigenvalue weighted by atomic mass is 35.5. The second kappa shape index (κ2) is 8.45. The second-order valence-corrected chi connectivity index (χ2v) is 6.95. The number of hydrogen-bond acceptors (Lipinski definition) is 5. The second-order valence-electron chi connectivity index (χ2n) is 6.54. The molecular formula is C21H20ClN3O4. The van der Waals surface area contributed by atoms with Gasteiger partial charge in [0.1, 0.15) is 5.69 Å². The lowest BCUT2D eigenvalue weighted by molar-refractivity contribution is -0.119. The number of aromatic nitrogens is 2. The maximum atomic E-state index is 12.3. The van der Waals surface area contributed by atoms with Crippen LogP contribution in [0.4, 0.5) is 5.69 Å². The van der Waals surface area contributed by atoms with Crippen molar-refractivity contribution in [3.8, 4) is 0 Å². The van der Waals surface area contributed by atoms with E-state index in [1.807, 2.05) is 13.8 Å². The molecule has 0 saturated heterocycles. The Labute approximate surface area is 172 Å². The Morgan fingerprint density at radius 2 is 1.93 bits per heavy atom. The van der Waals surface area contributed by atoms with Gasteiger partial charge in [-0.05, 0) is 56.7 Å². The molecule has 0 bridgehead atoms. The fourth-order valence-corrected chi connectivity index (χ4v) is 3.08. The summed E-state index contributed by atoms with van der Waals surface area (Å²) in [5.74, 6) is -1.13. The van der Waals surface area contributed by atoms with Crippen LogP contribution in [0, 0.1) is 13.8 Å². The number of nitrogens with one attached hydrogen (secondary N) is 1. The van der Waals surface area contributed by atoms with Gasteiger partial charge in [0.2, 0.25) is 0 Å². The Kier molecular flexibility index (Phi) is 5.98. The van der Waals surface area contributed by atoms with Gasteiger partial charge in [0, 0.05) is 17.3 Å². The van der Waals surface area contributed by atoms with E-state index in [-0.39, 0.29) is 11.1 Å². The molecule has 1 aromatic heterocycles. The number of benzene rings is 2. The number of amides is 1. The highest BCUT2D eigenvalue weighted by Crippen LogP contribution is 2.20. The van der Waals surface area contributed by atoms with Crippen molar-refractivity contribution in [2.24, 2.45) is 0 Å². The van der Waals surface area contributed by atoms with Gasteiger partial charge in [0.15, 0.2) is 6.61 Å². The number of halogens is 1. The van der Waals surface area contributed by atoms with Crippen LogP contribution in [0.15, 0.2) is 41.2 Å². The molecule has 2 aromatic carbocycles. The van der Waals surface area contributed by atoms with Gasteiger partial charge in [-0.25, -0.2) is 9.78 Å². The maximum absolute atomic E-state index is 12.3. The van der Waals surface area contributed by atoms with Gasteiger partial charge < -0.3 is 14.6 Å². The third-order valence-electron chi connectivity index (χ3n) is 4.45. The molecule has 1 N–H and O–H groups in total. The summed E-state index contributed by atoms with van der Waals surface area (Å²) >= 11 is 6.03. The summed E-state index contributed by atoms with van der Waals surface area (Å²) in [5.41, 5.74) is 2.99. The predicted molar refractivity (Wildman–Crippen MR) is 112 cm³/mol. The Hall–Kier alpha value is -3.19. The van der Waals surface area contributed by atoms with Gasteiger partial charge >= 0.3 is 5.97 Å². The van der Waals surface area contributed by atoms with Crippen molar-refractivity contribution >= 4 is 40.2 Å². The zero-order valence-corrected chi connectivity index (χ0v) is 17.0. The fraction of sp³-hybridized carbons (Fsp3) is 0.238. The number of rotatable bonds is 5. The van der Waals surface area contributed by atoms with Crippen LogP contribution in [0.5, 0.6) is 0 Å². The molecule has 0 atom stereocenters. The summed E-state index contributed by atoms with van der Waals surface area (Å²) in [4.78, 5) is 40.8. The van der Waals surface area contributed by atoms with Crippen molar-refractivity contribution in [3.63, 3.8) is 0 Å². The van der Waals surface area contributed by atoms with Crippen LogP contribution in [-0.4, -0.2) is 28.0 Å². The van der Waals surface area contributed by atoms with Gasteiger partial charge in [0.05, 0.1) is 16.6 Å². The summed E-state index contributed by atoms with van der Waals surface area (Å²) in [6.07, 6.45) is 0. The highest BCUT2D eigenvalue weighted by molar-refractivity contribution is 6.31. The summed E-state index contributed by atoms with van der Waals surface area (Å²) < 4.78 is 6.69. The van der Waals surface area contributed by atoms with E-state index < -0.39 is 18.5 Å². The van der Waals surface area contributed by atoms with Crippen LogP contribution in [-0.2, 0) is 16.1 Å². The third kappa shape index (κ3) is 4.46. The quantitative estimate of drug-likeness (QED) is 0.646. The normalized spacial score (nSPS) is 10.8. The van der Waals surface area contributed by atoms with Crippen LogP contribution in [0.25, 0.3) is 11.0 Å². The molecule has 1 amide bonds. The van der Waals surface area contributed by atoms with Crippen molar-refractivity contribution in [1.29, 1.82) is 0 Å². The van der Waals surface area contributed by atoms with Crippen molar-refractivity contribution in [2.75, 3.05) is 11.9 Å². The summed E-state index contributed by atoms with van der Waals surface area (Å²) in [5, 5.41) is 3.16. The minimum Gasteiger partial charge on any atom is -0.452 e. The van der Waals surface area contributed by atoms with Crippen LogP contribution in [0.2, 0.25) is 5.02 Å². The van der Waals surface area contributed by atoms with E-state index in [0.29, 0.717) is 34.0 Å². The van der Waals surface area contributed by atoms with Gasteiger partial charge in [-0.15, -0.1) is 0 Å². The van der Waals surface area contributed by atoms with Crippen molar-refractivity contribution in [3.05, 3.63) is 68.6 Å². The molecule has 0 unspecified atom stereocenters. The molecule has 150 valence electrons. The molecule has 8 heteroatoms. The molecule has 0 aliphatic rings. The third-order valence-corrected chi connectivity index (χ3v) is 4.86. The van der Waals surface area contributed by atoms with E-state index in [4.69, 9.17) is 16.3 Å². The smallest absolute Gasteiger partial charge is 0.338 e. The minimum absolute atomic E-state index is 0.164. The average Bonchev–Trinajstić information content (AvgIpc) is 2.69. The lowest BCUT2D eigenvalue weighted by Crippen LogP contribution is -2.23. The molecule has 0 radical (unpaired) electrons. The molecule has 0 spiro atoms. The standard InChI is InChI=1S/C21H20ClN3O4/c1-4-25-18-8-6-14(9-17(18)23-13(3)20(25)27)21(28)29-11-19(26)24-15-7-5-12(2)16(22)10-15/h5-10H,4,11H2,1-3H3,(H,24,26). The number of hydrogen-bond donors (Lipinski definition) is 1. The first-order valence-electron chi connectivity index (χ1n) is 9.04. The molecule has 7 nitrogen and oxygen atoms in total. The van der Waals surface area contributed by atoms with Crippen molar-refractivity contribution in [2.45, 2.75) is 27.3 Å². The molecule has 0 saturated carbocycles. The van der Waals surface area contributed by atoms with Gasteiger partial charge in [-0.3, -0.25) is 9.59 Å². The van der Waals surface area contributed by atoms with Gasteiger partial charge in [-0.1, -0.05) is 17.7 Å². The number of aryl methyl sites for hydroxylation is 3. The number of ether oxygens (including phenoxy) is 1. The molecule has 29 heavy (non-hydrogen) atoms. The Balaban J connectivity index is 1.71. The largest absolute Gasteiger partial charge is 0.452 e. The number of nitrogens with zero attached hydrogens (tertiary/aromatic N) is 2. The summed E-state index contributed by atoms with van der Waals surface area (Å²) in [6.45, 7) is 5.40. The van der Waals surface area contributed by atoms with E-state index in [1.54, 1.807) is 47.9 Å². The number of carbonyl (C=O) groups excluding carboxylic acids is 2. The first-order valence-corrected chi connectivity index (χ1v) is 9.42. The molecule has 0 fully saturated rings. The first kappa shape index (κ1) is 20.5. The van der Waals surface area contributed by atoms with E-state index in [1.165, 1.54) is 0 Å². The zero-order chi connectivity index (χ0) is 21.1. The van der Waals surface area contributed by atoms with E-state index in [2.05, 4.69) is 10.3 Å². The number of carbonyl (C=O) groups is 2. The highest BCUT2D eigenvalue weighted by Gasteiger charge is 2.14. The van der Waals surface area contributed by atoms with Crippen LogP contribution in [0.3, 0.4) is 0 Å². The van der Waals surface area contributed by atoms with Gasteiger partial charge in [0.25, 0.3) is 11.5 Å². The summed E-state index contributed by atoms with van der Waals surface area (Å²) in [6, 6.07) is 9.87. The topological polar surface area (TPSA) is 90.3 Å². The zero-order valence-electron chi connectivity index (χ0n) is 16.3. The molecule has 0 aliphatic carbocycles. The minimum atomic E-state index is -0.655. The molecule has 3 aromatic rings. The lowest BCUT2D eigenvalue weighted by atomic mass is 10.2. The SMILES string of the molecule is CCn1c(=O)c(C)nc2cc(C(=O)OCC(=O)Nc3ccc(C)c(Cl)c3)ccc21. The number of fused-ring (bicyclic) bond motifs is 1. The molecule has 0 aliphatic heterocycles. The Bertz CT molecular complexity index is 1170. The lowest BCUT2D eigenvalue weighted by Gasteiger charge is -2.10. The first-order chi connectivity index (χ1) is 13.8. The van der Waals surface area contributed by atoms with Crippen LogP contribution in [0.1, 0.15) is 28.5 Å².